The number of nitrogens with zero attached hydrogens (tertiary/aromatic N) is 6. The maximum absolute atomic E-state index is 5.98. The van der Waals surface area contributed by atoms with Crippen molar-refractivity contribution in [2.24, 2.45) is 7.05 Å². The van der Waals surface area contributed by atoms with Crippen LogP contribution in [0.25, 0.3) is 22.2 Å². The van der Waals surface area contributed by atoms with Crippen LogP contribution < -0.4 is 10.2 Å². The predicted molar refractivity (Wildman–Crippen MR) is 96.6 cm³/mol. The fraction of sp³-hybridized carbons (Fsp3) is 0.294. The first-order chi connectivity index (χ1) is 12.8. The number of hydrogen-bond donors (Lipinski definition) is 1. The van der Waals surface area contributed by atoms with Crippen molar-refractivity contribution in [2.45, 2.75) is 0 Å². The van der Waals surface area contributed by atoms with E-state index in [-0.39, 0.29) is 0 Å². The Morgan fingerprint density at radius 2 is 2.00 bits per heavy atom. The standard InChI is InChI=1S/C17H17N7O2/c1-23-6-5-19-17(23)22-16-20-12-11-3-2-4-18-15(11)26-13(12)14(21-16)24-7-9-25-10-8-24/h2-6H,7-10H2,1H3,(H,19,20,21,22). The highest BCUT2D eigenvalue weighted by Gasteiger charge is 2.22. The lowest BCUT2D eigenvalue weighted by Crippen LogP contribution is -2.37. The van der Waals surface area contributed by atoms with E-state index in [0.717, 1.165) is 29.8 Å². The zero-order valence-corrected chi connectivity index (χ0v) is 14.2. The van der Waals surface area contributed by atoms with Crippen molar-refractivity contribution < 1.29 is 9.15 Å². The lowest BCUT2D eigenvalue weighted by Gasteiger charge is -2.27. The van der Waals surface area contributed by atoms with Crippen LogP contribution in [0.3, 0.4) is 0 Å². The molecule has 0 aliphatic carbocycles. The summed E-state index contributed by atoms with van der Waals surface area (Å²) in [5, 5.41) is 4.05. The van der Waals surface area contributed by atoms with Crippen LogP contribution >= 0.6 is 0 Å². The molecular formula is C17H17N7O2. The summed E-state index contributed by atoms with van der Waals surface area (Å²) in [6.07, 6.45) is 5.29. The lowest BCUT2D eigenvalue weighted by molar-refractivity contribution is 0.122. The molecule has 0 amide bonds. The van der Waals surface area contributed by atoms with Gasteiger partial charge in [-0.2, -0.15) is 4.98 Å². The van der Waals surface area contributed by atoms with Gasteiger partial charge in [0.15, 0.2) is 11.4 Å². The van der Waals surface area contributed by atoms with Gasteiger partial charge in [0.05, 0.1) is 18.6 Å². The van der Waals surface area contributed by atoms with Gasteiger partial charge in [-0.3, -0.25) is 5.32 Å². The summed E-state index contributed by atoms with van der Waals surface area (Å²) in [6.45, 7) is 2.81. The maximum atomic E-state index is 5.98. The number of aromatic nitrogens is 5. The largest absolute Gasteiger partial charge is 0.432 e. The number of imidazole rings is 1. The van der Waals surface area contributed by atoms with E-state index in [1.165, 1.54) is 0 Å². The molecule has 0 unspecified atom stereocenters. The van der Waals surface area contributed by atoms with E-state index in [1.807, 2.05) is 29.9 Å². The van der Waals surface area contributed by atoms with Crippen LogP contribution in [0.15, 0.2) is 35.1 Å². The van der Waals surface area contributed by atoms with Gasteiger partial charge in [-0.25, -0.2) is 15.0 Å². The van der Waals surface area contributed by atoms with Crippen LogP contribution in [0.1, 0.15) is 0 Å². The Morgan fingerprint density at radius 3 is 2.81 bits per heavy atom. The van der Waals surface area contributed by atoms with Crippen molar-refractivity contribution in [3.8, 4) is 0 Å². The van der Waals surface area contributed by atoms with Crippen molar-refractivity contribution in [2.75, 3.05) is 36.5 Å². The fourth-order valence-corrected chi connectivity index (χ4v) is 3.10. The van der Waals surface area contributed by atoms with Crippen LogP contribution in [0.5, 0.6) is 0 Å². The summed E-state index contributed by atoms with van der Waals surface area (Å²) < 4.78 is 13.3. The van der Waals surface area contributed by atoms with Gasteiger partial charge < -0.3 is 18.6 Å². The zero-order valence-electron chi connectivity index (χ0n) is 14.2. The van der Waals surface area contributed by atoms with Gasteiger partial charge in [0, 0.05) is 38.7 Å². The SMILES string of the molecule is Cn1ccnc1Nc1nc(N2CCOCC2)c2oc3ncccc3c2n1. The topological polar surface area (TPSA) is 94.1 Å². The number of ether oxygens (including phenoxy) is 1. The Kier molecular flexibility index (Phi) is 3.45. The highest BCUT2D eigenvalue weighted by Crippen LogP contribution is 2.33. The van der Waals surface area contributed by atoms with Gasteiger partial charge in [-0.15, -0.1) is 0 Å². The second-order valence-corrected chi connectivity index (χ2v) is 6.09. The van der Waals surface area contributed by atoms with Crippen LogP contribution in [0, 0.1) is 0 Å². The van der Waals surface area contributed by atoms with Gasteiger partial charge in [0.2, 0.25) is 17.6 Å². The number of pyridine rings is 1. The predicted octanol–water partition coefficient (Wildman–Crippen LogP) is 2.08. The molecule has 1 saturated heterocycles. The number of nitrogens with one attached hydrogen (secondary N) is 1. The van der Waals surface area contributed by atoms with E-state index < -0.39 is 0 Å². The molecule has 4 aromatic rings. The first-order valence-electron chi connectivity index (χ1n) is 8.42. The normalized spacial score (nSPS) is 15.0. The maximum Gasteiger partial charge on any atom is 0.232 e. The minimum absolute atomic E-state index is 0.472. The van der Waals surface area contributed by atoms with Gasteiger partial charge in [0.25, 0.3) is 0 Å². The average Bonchev–Trinajstić information content (AvgIpc) is 3.25. The first kappa shape index (κ1) is 15.1. The van der Waals surface area contributed by atoms with Crippen molar-refractivity contribution in [1.82, 2.24) is 24.5 Å². The third kappa shape index (κ3) is 2.44. The summed E-state index contributed by atoms with van der Waals surface area (Å²) in [5.41, 5.74) is 1.94. The summed E-state index contributed by atoms with van der Waals surface area (Å²) in [4.78, 5) is 20.1. The summed E-state index contributed by atoms with van der Waals surface area (Å²) in [5.74, 6) is 1.89. The van der Waals surface area contributed by atoms with Gasteiger partial charge in [0.1, 0.15) is 5.52 Å². The van der Waals surface area contributed by atoms with Gasteiger partial charge in [-0.05, 0) is 12.1 Å². The number of aryl methyl sites for hydroxylation is 1. The fourth-order valence-electron chi connectivity index (χ4n) is 3.10. The van der Waals surface area contributed by atoms with E-state index in [2.05, 4.69) is 25.2 Å². The highest BCUT2D eigenvalue weighted by atomic mass is 16.5. The molecule has 4 aromatic heterocycles. The molecule has 0 spiro atoms. The van der Waals surface area contributed by atoms with Crippen molar-refractivity contribution in [3.05, 3.63) is 30.7 Å². The second-order valence-electron chi connectivity index (χ2n) is 6.09. The molecule has 1 N–H and O–H groups in total. The Hall–Kier alpha value is -3.20. The van der Waals surface area contributed by atoms with Crippen LogP contribution in [-0.4, -0.2) is 50.8 Å². The van der Waals surface area contributed by atoms with E-state index in [9.17, 15) is 0 Å². The molecular weight excluding hydrogens is 334 g/mol. The number of furan rings is 1. The monoisotopic (exact) mass is 351 g/mol. The summed E-state index contributed by atoms with van der Waals surface area (Å²) in [7, 11) is 1.91. The van der Waals surface area contributed by atoms with E-state index in [4.69, 9.17) is 14.1 Å². The molecule has 1 aliphatic heterocycles. The van der Waals surface area contributed by atoms with Crippen LogP contribution in [-0.2, 0) is 11.8 Å². The number of anilines is 3. The summed E-state index contributed by atoms with van der Waals surface area (Å²) >= 11 is 0. The lowest BCUT2D eigenvalue weighted by atomic mass is 10.3. The molecule has 26 heavy (non-hydrogen) atoms. The Balaban J connectivity index is 1.70. The molecule has 1 fully saturated rings. The first-order valence-corrected chi connectivity index (χ1v) is 8.42. The minimum Gasteiger partial charge on any atom is -0.432 e. The minimum atomic E-state index is 0.472. The number of rotatable bonds is 3. The molecule has 0 aromatic carbocycles. The molecule has 132 valence electrons. The second kappa shape index (κ2) is 5.95. The smallest absolute Gasteiger partial charge is 0.232 e. The van der Waals surface area contributed by atoms with Crippen molar-refractivity contribution in [1.29, 1.82) is 0 Å². The number of fused-ring (bicyclic) bond motifs is 3. The van der Waals surface area contributed by atoms with Crippen LogP contribution in [0.2, 0.25) is 0 Å². The van der Waals surface area contributed by atoms with Crippen LogP contribution in [0.4, 0.5) is 17.7 Å². The van der Waals surface area contributed by atoms with Gasteiger partial charge >= 0.3 is 0 Å². The molecule has 9 nitrogen and oxygen atoms in total. The Bertz CT molecular complexity index is 1080. The zero-order chi connectivity index (χ0) is 17.5. The number of hydrogen-bond acceptors (Lipinski definition) is 8. The van der Waals surface area contributed by atoms with Crippen molar-refractivity contribution >= 4 is 39.9 Å². The van der Waals surface area contributed by atoms with Gasteiger partial charge in [-0.1, -0.05) is 0 Å². The molecule has 0 saturated carbocycles. The average molecular weight is 351 g/mol. The molecule has 0 bridgehead atoms. The molecule has 5 rings (SSSR count). The van der Waals surface area contributed by atoms with Crippen molar-refractivity contribution in [3.63, 3.8) is 0 Å². The highest BCUT2D eigenvalue weighted by molar-refractivity contribution is 6.05. The molecule has 5 heterocycles. The van der Waals surface area contributed by atoms with E-state index in [0.29, 0.717) is 36.4 Å². The summed E-state index contributed by atoms with van der Waals surface area (Å²) in [6, 6.07) is 3.83. The molecule has 0 radical (unpaired) electrons. The Labute approximate surface area is 148 Å². The van der Waals surface area contributed by atoms with E-state index >= 15 is 0 Å². The molecule has 0 atom stereocenters. The quantitative estimate of drug-likeness (QED) is 0.600. The Morgan fingerprint density at radius 1 is 1.12 bits per heavy atom. The molecule has 9 heteroatoms. The molecule has 1 aliphatic rings. The van der Waals surface area contributed by atoms with E-state index in [1.54, 1.807) is 12.4 Å². The third-order valence-electron chi connectivity index (χ3n) is 4.43. The number of morpholine rings is 1. The third-order valence-corrected chi connectivity index (χ3v) is 4.43.